The van der Waals surface area contributed by atoms with E-state index in [0.29, 0.717) is 56.1 Å². The molecule has 0 bridgehead atoms. The summed E-state index contributed by atoms with van der Waals surface area (Å²) in [4.78, 5) is 44.4. The maximum Gasteiger partial charge on any atom is 0.261 e. The van der Waals surface area contributed by atoms with Crippen LogP contribution in [0.2, 0.25) is 0 Å². The highest BCUT2D eigenvalue weighted by molar-refractivity contribution is 5.87. The van der Waals surface area contributed by atoms with Gasteiger partial charge in [0, 0.05) is 31.3 Å². The number of carbonyl (C=O) groups is 2. The zero-order valence-corrected chi connectivity index (χ0v) is 21.4. The molecule has 1 aliphatic rings. The molecule has 1 saturated heterocycles. The van der Waals surface area contributed by atoms with Crippen LogP contribution in [0.25, 0.3) is 10.9 Å². The molecule has 3 aromatic rings. The molecule has 1 N–H and O–H groups in total. The summed E-state index contributed by atoms with van der Waals surface area (Å²) in [6.45, 7) is 6.73. The zero-order chi connectivity index (χ0) is 25.9. The molecule has 7 nitrogen and oxygen atoms in total. The van der Waals surface area contributed by atoms with Gasteiger partial charge < -0.3 is 10.0 Å². The first kappa shape index (κ1) is 25.8. The van der Waals surface area contributed by atoms with Crippen LogP contribution in [-0.2, 0) is 29.0 Å². The molecule has 0 unspecified atom stereocenters. The molecule has 1 amide bonds. The first-order valence-corrected chi connectivity index (χ1v) is 12.6. The summed E-state index contributed by atoms with van der Waals surface area (Å²) in [5.74, 6) is 0.216. The molecular formula is C29H35N3O4. The predicted molar refractivity (Wildman–Crippen MR) is 140 cm³/mol. The Morgan fingerprint density at radius 1 is 1.03 bits per heavy atom. The SMILES string of the molecule is CC(C)(C)C(=O)Cc1ccc2c(=O)n(CC3(O)CCN(C(=O)CCc4ccccc4)CC3)cnc2c1. The number of benzene rings is 2. The van der Waals surface area contributed by atoms with E-state index in [1.165, 1.54) is 10.9 Å². The summed E-state index contributed by atoms with van der Waals surface area (Å²) in [6.07, 6.45) is 3.72. The fourth-order valence-corrected chi connectivity index (χ4v) is 4.58. The van der Waals surface area contributed by atoms with E-state index < -0.39 is 11.0 Å². The van der Waals surface area contributed by atoms with Crippen molar-refractivity contribution in [3.05, 3.63) is 76.3 Å². The van der Waals surface area contributed by atoms with Gasteiger partial charge in [-0.1, -0.05) is 57.2 Å². The molecule has 1 fully saturated rings. The van der Waals surface area contributed by atoms with Gasteiger partial charge in [-0.2, -0.15) is 0 Å². The van der Waals surface area contributed by atoms with Gasteiger partial charge in [0.05, 0.1) is 29.4 Å². The molecule has 0 atom stereocenters. The normalized spacial score (nSPS) is 15.7. The van der Waals surface area contributed by atoms with Crippen LogP contribution in [0.4, 0.5) is 0 Å². The first-order chi connectivity index (χ1) is 17.0. The number of aryl methyl sites for hydroxylation is 1. The van der Waals surface area contributed by atoms with Gasteiger partial charge in [-0.25, -0.2) is 4.98 Å². The van der Waals surface area contributed by atoms with Crippen molar-refractivity contribution in [1.82, 2.24) is 14.5 Å². The van der Waals surface area contributed by atoms with Crippen molar-refractivity contribution < 1.29 is 14.7 Å². The molecule has 0 saturated carbocycles. The second-order valence-electron chi connectivity index (χ2n) is 11.0. The quantitative estimate of drug-likeness (QED) is 0.548. The lowest BCUT2D eigenvalue weighted by molar-refractivity contribution is -0.135. The van der Waals surface area contributed by atoms with Crippen molar-refractivity contribution in [2.45, 2.75) is 65.0 Å². The number of fused-ring (bicyclic) bond motifs is 1. The van der Waals surface area contributed by atoms with Crippen LogP contribution in [0.1, 0.15) is 51.2 Å². The number of likely N-dealkylation sites (tertiary alicyclic amines) is 1. The molecule has 0 radical (unpaired) electrons. The fraction of sp³-hybridized carbons (Fsp3) is 0.448. The van der Waals surface area contributed by atoms with Crippen molar-refractivity contribution in [1.29, 1.82) is 0 Å². The van der Waals surface area contributed by atoms with Gasteiger partial charge in [0.1, 0.15) is 5.78 Å². The minimum atomic E-state index is -1.07. The number of amides is 1. The van der Waals surface area contributed by atoms with Crippen LogP contribution in [0.3, 0.4) is 0 Å². The molecule has 7 heteroatoms. The number of aliphatic hydroxyl groups is 1. The average molecular weight is 490 g/mol. The summed E-state index contributed by atoms with van der Waals surface area (Å²) in [5, 5.41) is 11.6. The van der Waals surface area contributed by atoms with E-state index in [2.05, 4.69) is 4.98 Å². The standard InChI is InChI=1S/C29H35N3O4/c1-28(2,3)25(33)18-22-9-11-23-24(17-22)30-20-32(27(23)35)19-29(36)13-15-31(16-14-29)26(34)12-10-21-7-5-4-6-8-21/h4-9,11,17,20,36H,10,12-16,18-19H2,1-3H3. The Morgan fingerprint density at radius 2 is 1.72 bits per heavy atom. The van der Waals surface area contributed by atoms with E-state index in [1.54, 1.807) is 23.1 Å². The van der Waals surface area contributed by atoms with E-state index >= 15 is 0 Å². The summed E-state index contributed by atoms with van der Waals surface area (Å²) in [7, 11) is 0. The Balaban J connectivity index is 1.38. The van der Waals surface area contributed by atoms with E-state index in [-0.39, 0.29) is 23.8 Å². The second-order valence-corrected chi connectivity index (χ2v) is 11.0. The number of piperidine rings is 1. The molecule has 0 aliphatic carbocycles. The van der Waals surface area contributed by atoms with E-state index in [1.807, 2.05) is 51.1 Å². The van der Waals surface area contributed by atoms with Gasteiger partial charge in [-0.15, -0.1) is 0 Å². The van der Waals surface area contributed by atoms with Crippen LogP contribution < -0.4 is 5.56 Å². The first-order valence-electron chi connectivity index (χ1n) is 12.6. The molecule has 2 aromatic carbocycles. The van der Waals surface area contributed by atoms with E-state index in [9.17, 15) is 19.5 Å². The van der Waals surface area contributed by atoms with Crippen molar-refractivity contribution in [2.24, 2.45) is 5.41 Å². The lowest BCUT2D eigenvalue weighted by Gasteiger charge is -2.38. The van der Waals surface area contributed by atoms with Crippen molar-refractivity contribution in [3.8, 4) is 0 Å². The lowest BCUT2D eigenvalue weighted by Crippen LogP contribution is -2.49. The maximum atomic E-state index is 13.1. The monoisotopic (exact) mass is 489 g/mol. The molecule has 2 heterocycles. The van der Waals surface area contributed by atoms with Gasteiger partial charge in [0.2, 0.25) is 5.91 Å². The number of Topliss-reactive ketones (excluding diaryl/α,β-unsaturated/α-hetero) is 1. The summed E-state index contributed by atoms with van der Waals surface area (Å²) in [5.41, 5.74) is 0.785. The third-order valence-corrected chi connectivity index (χ3v) is 7.07. The minimum Gasteiger partial charge on any atom is -0.388 e. The molecule has 36 heavy (non-hydrogen) atoms. The summed E-state index contributed by atoms with van der Waals surface area (Å²) in [6, 6.07) is 15.2. The van der Waals surface area contributed by atoms with Crippen LogP contribution in [0.15, 0.2) is 59.7 Å². The smallest absolute Gasteiger partial charge is 0.261 e. The van der Waals surface area contributed by atoms with Gasteiger partial charge in [0.15, 0.2) is 0 Å². The Morgan fingerprint density at radius 3 is 2.39 bits per heavy atom. The van der Waals surface area contributed by atoms with Crippen LogP contribution >= 0.6 is 0 Å². The van der Waals surface area contributed by atoms with Gasteiger partial charge in [-0.3, -0.25) is 19.0 Å². The third kappa shape index (κ3) is 6.08. The largest absolute Gasteiger partial charge is 0.388 e. The minimum absolute atomic E-state index is 0.0891. The van der Waals surface area contributed by atoms with Gasteiger partial charge in [0.25, 0.3) is 5.56 Å². The second kappa shape index (κ2) is 10.3. The Bertz CT molecular complexity index is 1300. The molecule has 0 spiro atoms. The zero-order valence-electron chi connectivity index (χ0n) is 21.4. The van der Waals surface area contributed by atoms with Crippen LogP contribution in [0, 0.1) is 5.41 Å². The van der Waals surface area contributed by atoms with Gasteiger partial charge in [-0.05, 0) is 42.5 Å². The van der Waals surface area contributed by atoms with E-state index in [4.69, 9.17) is 0 Å². The van der Waals surface area contributed by atoms with Crippen molar-refractivity contribution in [3.63, 3.8) is 0 Å². The van der Waals surface area contributed by atoms with Crippen molar-refractivity contribution >= 4 is 22.6 Å². The molecule has 1 aliphatic heterocycles. The molecular weight excluding hydrogens is 454 g/mol. The fourth-order valence-electron chi connectivity index (χ4n) is 4.58. The number of hydrogen-bond donors (Lipinski definition) is 1. The lowest BCUT2D eigenvalue weighted by atomic mass is 9.87. The maximum absolute atomic E-state index is 13.1. The van der Waals surface area contributed by atoms with Crippen LogP contribution in [0.5, 0.6) is 0 Å². The number of aromatic nitrogens is 2. The Labute approximate surface area is 211 Å². The number of nitrogens with zero attached hydrogens (tertiary/aromatic N) is 3. The topological polar surface area (TPSA) is 92.5 Å². The molecule has 1 aromatic heterocycles. The summed E-state index contributed by atoms with van der Waals surface area (Å²) < 4.78 is 1.45. The third-order valence-electron chi connectivity index (χ3n) is 7.07. The van der Waals surface area contributed by atoms with E-state index in [0.717, 1.165) is 11.1 Å². The van der Waals surface area contributed by atoms with Crippen LogP contribution in [-0.4, -0.2) is 49.9 Å². The number of carbonyl (C=O) groups excluding carboxylic acids is 2. The highest BCUT2D eigenvalue weighted by atomic mass is 16.3. The highest BCUT2D eigenvalue weighted by Gasteiger charge is 2.34. The number of ketones is 1. The molecule has 4 rings (SSSR count). The number of hydrogen-bond acceptors (Lipinski definition) is 5. The highest BCUT2D eigenvalue weighted by Crippen LogP contribution is 2.25. The predicted octanol–water partition coefficient (Wildman–Crippen LogP) is 3.54. The Kier molecular flexibility index (Phi) is 7.41. The summed E-state index contributed by atoms with van der Waals surface area (Å²) >= 11 is 0. The molecule has 190 valence electrons. The number of rotatable bonds is 7. The van der Waals surface area contributed by atoms with Gasteiger partial charge >= 0.3 is 0 Å². The average Bonchev–Trinajstić information content (AvgIpc) is 2.85. The van der Waals surface area contributed by atoms with Crippen molar-refractivity contribution in [2.75, 3.05) is 13.1 Å². The Hall–Kier alpha value is -3.32.